The molecule has 2 rings (SSSR count). The van der Waals surface area contributed by atoms with Crippen molar-refractivity contribution in [3.05, 3.63) is 0 Å². The molecule has 0 bridgehead atoms. The molecule has 154 valence electrons. The number of oxime groups is 1. The van der Waals surface area contributed by atoms with E-state index in [0.29, 0.717) is 11.8 Å². The molecular formula is C22H37NO4. The van der Waals surface area contributed by atoms with E-state index in [0.717, 1.165) is 38.0 Å². The molecular weight excluding hydrogens is 342 g/mol. The Labute approximate surface area is 164 Å². The lowest BCUT2D eigenvalue weighted by Gasteiger charge is -2.45. The average Bonchev–Trinajstić information content (AvgIpc) is 2.94. The Morgan fingerprint density at radius 1 is 1.11 bits per heavy atom. The maximum Gasteiger partial charge on any atom is 0.331 e. The van der Waals surface area contributed by atoms with Gasteiger partial charge in [-0.1, -0.05) is 45.2 Å². The fourth-order valence-electron chi connectivity index (χ4n) is 5.56. The van der Waals surface area contributed by atoms with Crippen LogP contribution in [0.2, 0.25) is 0 Å². The van der Waals surface area contributed by atoms with Crippen molar-refractivity contribution in [2.45, 2.75) is 92.1 Å². The van der Waals surface area contributed by atoms with E-state index in [1.165, 1.54) is 33.1 Å². The van der Waals surface area contributed by atoms with Crippen LogP contribution >= 0.6 is 0 Å². The molecule has 0 amide bonds. The molecule has 0 aromatic carbocycles. The number of fused-ring (bicyclic) bond motifs is 1. The zero-order chi connectivity index (χ0) is 20.0. The average molecular weight is 380 g/mol. The zero-order valence-corrected chi connectivity index (χ0v) is 17.7. The van der Waals surface area contributed by atoms with E-state index in [4.69, 9.17) is 9.57 Å². The summed E-state index contributed by atoms with van der Waals surface area (Å²) in [6.45, 7) is 9.76. The van der Waals surface area contributed by atoms with Gasteiger partial charge in [0.15, 0.2) is 0 Å². The molecule has 2 saturated carbocycles. The highest BCUT2D eigenvalue weighted by Gasteiger charge is 2.55. The Bertz CT molecular complexity index is 544. The number of carbonyl (C=O) groups excluding carboxylic acids is 2. The highest BCUT2D eigenvalue weighted by Crippen LogP contribution is 2.58. The first-order valence-corrected chi connectivity index (χ1v) is 10.7. The number of esters is 1. The first-order valence-electron chi connectivity index (χ1n) is 10.7. The third kappa shape index (κ3) is 5.55. The highest BCUT2D eigenvalue weighted by atomic mass is 16.7. The summed E-state index contributed by atoms with van der Waals surface area (Å²) in [5, 5.41) is 4.07. The minimum absolute atomic E-state index is 0.0482. The van der Waals surface area contributed by atoms with Crippen molar-refractivity contribution < 1.29 is 19.2 Å². The fraction of sp³-hybridized carbons (Fsp3) is 0.864. The first-order chi connectivity index (χ1) is 12.8. The van der Waals surface area contributed by atoms with Gasteiger partial charge in [-0.15, -0.1) is 0 Å². The van der Waals surface area contributed by atoms with Crippen molar-refractivity contribution in [1.82, 2.24) is 0 Å². The molecule has 2 aliphatic carbocycles. The van der Waals surface area contributed by atoms with Crippen LogP contribution in [0.4, 0.5) is 0 Å². The second kappa shape index (κ2) is 9.70. The largest absolute Gasteiger partial charge is 0.462 e. The second-order valence-corrected chi connectivity index (χ2v) is 9.06. The van der Waals surface area contributed by atoms with Gasteiger partial charge in [0, 0.05) is 25.2 Å². The predicted octanol–water partition coefficient (Wildman–Crippen LogP) is 5.13. The van der Waals surface area contributed by atoms with Crippen molar-refractivity contribution in [3.8, 4) is 0 Å². The van der Waals surface area contributed by atoms with Gasteiger partial charge < -0.3 is 9.57 Å². The minimum Gasteiger partial charge on any atom is -0.462 e. The van der Waals surface area contributed by atoms with Crippen LogP contribution in [0.25, 0.3) is 0 Å². The van der Waals surface area contributed by atoms with Crippen molar-refractivity contribution in [2.75, 3.05) is 0 Å². The van der Waals surface area contributed by atoms with E-state index in [9.17, 15) is 9.59 Å². The maximum absolute atomic E-state index is 11.6. The molecule has 0 spiro atoms. The zero-order valence-electron chi connectivity index (χ0n) is 17.7. The lowest BCUT2D eigenvalue weighted by Crippen LogP contribution is -2.46. The number of hydrogen-bond acceptors (Lipinski definition) is 5. The third-order valence-electron chi connectivity index (χ3n) is 6.64. The molecule has 0 N–H and O–H groups in total. The van der Waals surface area contributed by atoms with Gasteiger partial charge in [-0.3, -0.25) is 4.79 Å². The highest BCUT2D eigenvalue weighted by molar-refractivity contribution is 5.71. The normalized spacial score (nSPS) is 31.7. The summed E-state index contributed by atoms with van der Waals surface area (Å²) in [6.07, 6.45) is 10.7. The van der Waals surface area contributed by atoms with E-state index in [2.05, 4.69) is 25.9 Å². The van der Waals surface area contributed by atoms with Crippen molar-refractivity contribution in [3.63, 3.8) is 0 Å². The smallest absolute Gasteiger partial charge is 0.331 e. The molecule has 0 aromatic heterocycles. The number of hydrogen-bond donors (Lipinski definition) is 0. The fourth-order valence-corrected chi connectivity index (χ4v) is 5.56. The summed E-state index contributed by atoms with van der Waals surface area (Å²) in [5.74, 6) is 1.47. The molecule has 5 heteroatoms. The number of nitrogens with zero attached hydrogens (tertiary/aromatic N) is 1. The molecule has 5 atom stereocenters. The van der Waals surface area contributed by atoms with Crippen LogP contribution < -0.4 is 0 Å². The van der Waals surface area contributed by atoms with Gasteiger partial charge in [0.2, 0.25) is 0 Å². The molecule has 0 saturated heterocycles. The lowest BCUT2D eigenvalue weighted by atomic mass is 9.60. The van der Waals surface area contributed by atoms with Crippen LogP contribution in [-0.2, 0) is 19.2 Å². The molecule has 5 nitrogen and oxygen atoms in total. The summed E-state index contributed by atoms with van der Waals surface area (Å²) in [5.41, 5.74) is -0.134. The predicted molar refractivity (Wildman–Crippen MR) is 106 cm³/mol. The van der Waals surface area contributed by atoms with Crippen LogP contribution in [0.3, 0.4) is 0 Å². The topological polar surface area (TPSA) is 65.0 Å². The Hall–Kier alpha value is -1.39. The van der Waals surface area contributed by atoms with E-state index in [1.807, 2.05) is 6.21 Å². The summed E-state index contributed by atoms with van der Waals surface area (Å²) in [7, 11) is 0. The van der Waals surface area contributed by atoms with Gasteiger partial charge in [0.25, 0.3) is 0 Å². The Morgan fingerprint density at radius 2 is 1.85 bits per heavy atom. The molecule has 0 heterocycles. The van der Waals surface area contributed by atoms with Crippen LogP contribution in [0.1, 0.15) is 86.0 Å². The third-order valence-corrected chi connectivity index (χ3v) is 6.64. The SMILES string of the molecule is CC(=O)O/N=C/[C@]12CCC[C@H](OC(C)=O)[C@@H]1CC[C@@H]2[C@H](C)CCCC(C)C. The molecule has 0 unspecified atom stereocenters. The van der Waals surface area contributed by atoms with Gasteiger partial charge in [-0.25, -0.2) is 4.79 Å². The van der Waals surface area contributed by atoms with Crippen molar-refractivity contribution in [1.29, 1.82) is 0 Å². The maximum atomic E-state index is 11.6. The lowest BCUT2D eigenvalue weighted by molar-refractivity contribution is -0.153. The second-order valence-electron chi connectivity index (χ2n) is 9.06. The van der Waals surface area contributed by atoms with Crippen LogP contribution in [0, 0.1) is 29.1 Å². The summed E-state index contributed by atoms with van der Waals surface area (Å²) < 4.78 is 5.69. The molecule has 27 heavy (non-hydrogen) atoms. The Kier molecular flexibility index (Phi) is 7.87. The van der Waals surface area contributed by atoms with Gasteiger partial charge in [0.05, 0.1) is 6.21 Å². The number of carbonyl (C=O) groups is 2. The number of ether oxygens (including phenoxy) is 1. The van der Waals surface area contributed by atoms with Crippen molar-refractivity contribution >= 4 is 18.2 Å². The van der Waals surface area contributed by atoms with Gasteiger partial charge >= 0.3 is 11.9 Å². The summed E-state index contributed by atoms with van der Waals surface area (Å²) in [4.78, 5) is 27.7. The van der Waals surface area contributed by atoms with Crippen molar-refractivity contribution in [2.24, 2.45) is 34.2 Å². The van der Waals surface area contributed by atoms with Gasteiger partial charge in [-0.2, -0.15) is 0 Å². The van der Waals surface area contributed by atoms with Crippen LogP contribution in [0.5, 0.6) is 0 Å². The standard InChI is InChI=1S/C22H37NO4/c1-15(2)8-6-9-16(3)19-11-12-20-21(26-17(4)24)10-7-13-22(19,20)14-23-27-18(5)25/h14-16,19-21H,6-13H2,1-5H3/b23-14+/t16-,19-,20+,21+,22+/m1/s1. The quantitative estimate of drug-likeness (QED) is 0.254. The minimum atomic E-state index is -0.397. The van der Waals surface area contributed by atoms with E-state index >= 15 is 0 Å². The van der Waals surface area contributed by atoms with E-state index < -0.39 is 5.97 Å². The molecule has 0 aromatic rings. The molecule has 2 fully saturated rings. The Balaban J connectivity index is 2.21. The first kappa shape index (κ1) is 21.9. The summed E-state index contributed by atoms with van der Waals surface area (Å²) in [6, 6.07) is 0. The van der Waals surface area contributed by atoms with Crippen LogP contribution in [0.15, 0.2) is 5.16 Å². The molecule has 0 radical (unpaired) electrons. The summed E-state index contributed by atoms with van der Waals surface area (Å²) >= 11 is 0. The molecule has 0 aliphatic heterocycles. The van der Waals surface area contributed by atoms with Gasteiger partial charge in [-0.05, 0) is 49.9 Å². The molecule has 2 aliphatic rings. The monoisotopic (exact) mass is 379 g/mol. The van der Waals surface area contributed by atoms with E-state index in [-0.39, 0.29) is 23.4 Å². The van der Waals surface area contributed by atoms with E-state index in [1.54, 1.807) is 0 Å². The number of rotatable bonds is 8. The van der Waals surface area contributed by atoms with Crippen LogP contribution in [-0.4, -0.2) is 24.3 Å². The van der Waals surface area contributed by atoms with Gasteiger partial charge in [0.1, 0.15) is 6.10 Å². The Morgan fingerprint density at radius 3 is 2.48 bits per heavy atom.